The van der Waals surface area contributed by atoms with Gasteiger partial charge < -0.3 is 15.3 Å². The monoisotopic (exact) mass is 310 g/mol. The van der Waals surface area contributed by atoms with Gasteiger partial charge in [0, 0.05) is 32.0 Å². The summed E-state index contributed by atoms with van der Waals surface area (Å²) in [5, 5.41) is 12.9. The van der Waals surface area contributed by atoms with Crippen LogP contribution < -0.4 is 5.32 Å². The summed E-state index contributed by atoms with van der Waals surface area (Å²) in [5.41, 5.74) is -0.0717. The minimum absolute atomic E-state index is 0.00522. The molecule has 2 amide bonds. The van der Waals surface area contributed by atoms with Gasteiger partial charge in [0.1, 0.15) is 0 Å². The van der Waals surface area contributed by atoms with Crippen molar-refractivity contribution in [3.63, 3.8) is 0 Å². The van der Waals surface area contributed by atoms with Gasteiger partial charge in [-0.15, -0.1) is 0 Å². The minimum atomic E-state index is -0.335. The molecule has 0 spiro atoms. The molecule has 2 rings (SSSR count). The van der Waals surface area contributed by atoms with Gasteiger partial charge in [0.25, 0.3) is 0 Å². The molecule has 1 aliphatic heterocycles. The zero-order valence-corrected chi connectivity index (χ0v) is 13.9. The second kappa shape index (κ2) is 7.44. The van der Waals surface area contributed by atoms with E-state index in [0.29, 0.717) is 25.6 Å². The third-order valence-corrected chi connectivity index (χ3v) is 4.78. The average molecular weight is 310 g/mol. The lowest BCUT2D eigenvalue weighted by Crippen LogP contribution is -2.38. The van der Waals surface area contributed by atoms with Crippen LogP contribution in [-0.2, 0) is 9.59 Å². The van der Waals surface area contributed by atoms with E-state index in [9.17, 15) is 14.7 Å². The predicted octanol–water partition coefficient (Wildman–Crippen LogP) is 1.83. The fraction of sp³-hybridized carbons (Fsp3) is 0.882. The number of aliphatic hydroxyl groups excluding tert-OH is 1. The maximum atomic E-state index is 12.4. The van der Waals surface area contributed by atoms with Crippen LogP contribution in [0.4, 0.5) is 0 Å². The Kier molecular flexibility index (Phi) is 5.84. The maximum absolute atomic E-state index is 12.4. The Morgan fingerprint density at radius 3 is 2.55 bits per heavy atom. The number of aliphatic hydroxyl groups is 1. The summed E-state index contributed by atoms with van der Waals surface area (Å²) < 4.78 is 0. The van der Waals surface area contributed by atoms with E-state index in [1.807, 2.05) is 4.90 Å². The van der Waals surface area contributed by atoms with Crippen molar-refractivity contribution in [3.05, 3.63) is 0 Å². The Morgan fingerprint density at radius 1 is 1.18 bits per heavy atom. The number of hydrogen-bond acceptors (Lipinski definition) is 3. The molecule has 1 aliphatic carbocycles. The molecule has 5 heteroatoms. The smallest absolute Gasteiger partial charge is 0.223 e. The number of hydrogen-bond donors (Lipinski definition) is 2. The summed E-state index contributed by atoms with van der Waals surface area (Å²) in [6.07, 6.45) is 6.07. The quantitative estimate of drug-likeness (QED) is 0.832. The highest BCUT2D eigenvalue weighted by molar-refractivity contribution is 5.84. The number of likely N-dealkylation sites (tertiary alicyclic amines) is 1. The van der Waals surface area contributed by atoms with E-state index in [-0.39, 0.29) is 36.2 Å². The predicted molar refractivity (Wildman–Crippen MR) is 85.2 cm³/mol. The van der Waals surface area contributed by atoms with Crippen LogP contribution in [0.1, 0.15) is 65.2 Å². The summed E-state index contributed by atoms with van der Waals surface area (Å²) in [6, 6.07) is 0.315. The summed E-state index contributed by atoms with van der Waals surface area (Å²) >= 11 is 0. The van der Waals surface area contributed by atoms with Crippen LogP contribution in [0.5, 0.6) is 0 Å². The van der Waals surface area contributed by atoms with Gasteiger partial charge >= 0.3 is 0 Å². The normalized spacial score (nSPS) is 25.8. The highest BCUT2D eigenvalue weighted by Crippen LogP contribution is 2.28. The Hall–Kier alpha value is -1.10. The van der Waals surface area contributed by atoms with Gasteiger partial charge in [0.2, 0.25) is 11.8 Å². The number of rotatable bonds is 4. The highest BCUT2D eigenvalue weighted by atomic mass is 16.3. The zero-order chi connectivity index (χ0) is 16.2. The van der Waals surface area contributed by atoms with Crippen molar-refractivity contribution in [1.82, 2.24) is 10.2 Å². The Labute approximate surface area is 133 Å². The van der Waals surface area contributed by atoms with E-state index in [0.717, 1.165) is 19.3 Å². The lowest BCUT2D eigenvalue weighted by atomic mass is 9.87. The van der Waals surface area contributed by atoms with Crippen molar-refractivity contribution in [2.24, 2.45) is 5.41 Å². The Morgan fingerprint density at radius 2 is 1.86 bits per heavy atom. The van der Waals surface area contributed by atoms with E-state index in [1.54, 1.807) is 0 Å². The molecule has 2 N–H and O–H groups in total. The molecular formula is C17H30N2O3. The topological polar surface area (TPSA) is 69.6 Å². The standard InChI is InChI=1S/C17H30N2O3/c1-17(2)11-14(20)9-10-19(12-17)16(22)8-7-15(21)18-13-5-3-4-6-13/h13-14,20H,3-12H2,1-2H3,(H,18,21)/t14-/m1/s1. The fourth-order valence-electron chi connectivity index (χ4n) is 3.67. The summed E-state index contributed by atoms with van der Waals surface area (Å²) in [6.45, 7) is 5.41. The van der Waals surface area contributed by atoms with E-state index in [1.165, 1.54) is 12.8 Å². The van der Waals surface area contributed by atoms with Gasteiger partial charge in [-0.3, -0.25) is 9.59 Å². The SMILES string of the molecule is CC1(C)C[C@H](O)CCN(C(=O)CCC(=O)NC2CCCC2)C1. The van der Waals surface area contributed by atoms with Crippen molar-refractivity contribution in [3.8, 4) is 0 Å². The number of carbonyl (C=O) groups is 2. The lowest BCUT2D eigenvalue weighted by molar-refractivity contribution is -0.134. The van der Waals surface area contributed by atoms with Crippen LogP contribution in [0.3, 0.4) is 0 Å². The summed E-state index contributed by atoms with van der Waals surface area (Å²) in [7, 11) is 0. The van der Waals surface area contributed by atoms with Crippen LogP contribution in [-0.4, -0.2) is 47.1 Å². The lowest BCUT2D eigenvalue weighted by Gasteiger charge is -2.29. The first-order valence-electron chi connectivity index (χ1n) is 8.61. The van der Waals surface area contributed by atoms with Crippen LogP contribution in [0.15, 0.2) is 0 Å². The molecular weight excluding hydrogens is 280 g/mol. The van der Waals surface area contributed by atoms with E-state index >= 15 is 0 Å². The third kappa shape index (κ3) is 5.27. The first-order chi connectivity index (χ1) is 10.4. The molecule has 0 unspecified atom stereocenters. The van der Waals surface area contributed by atoms with Crippen molar-refractivity contribution < 1.29 is 14.7 Å². The number of amides is 2. The molecule has 0 aromatic carbocycles. The van der Waals surface area contributed by atoms with Crippen molar-refractivity contribution >= 4 is 11.8 Å². The molecule has 2 aliphatic rings. The van der Waals surface area contributed by atoms with Crippen LogP contribution >= 0.6 is 0 Å². The van der Waals surface area contributed by atoms with Gasteiger partial charge in [-0.05, 0) is 31.1 Å². The molecule has 22 heavy (non-hydrogen) atoms. The molecule has 1 heterocycles. The van der Waals surface area contributed by atoms with Crippen LogP contribution in [0, 0.1) is 5.41 Å². The van der Waals surface area contributed by atoms with Gasteiger partial charge in [-0.1, -0.05) is 26.7 Å². The first-order valence-corrected chi connectivity index (χ1v) is 8.61. The van der Waals surface area contributed by atoms with E-state index in [4.69, 9.17) is 0 Å². The molecule has 0 radical (unpaired) electrons. The van der Waals surface area contributed by atoms with Crippen molar-refractivity contribution in [2.75, 3.05) is 13.1 Å². The van der Waals surface area contributed by atoms with Gasteiger partial charge in [-0.25, -0.2) is 0 Å². The fourth-order valence-corrected chi connectivity index (χ4v) is 3.67. The number of nitrogens with zero attached hydrogens (tertiary/aromatic N) is 1. The molecule has 1 saturated heterocycles. The van der Waals surface area contributed by atoms with E-state index < -0.39 is 0 Å². The zero-order valence-electron chi connectivity index (χ0n) is 13.9. The minimum Gasteiger partial charge on any atom is -0.393 e. The first kappa shape index (κ1) is 17.3. The molecule has 1 saturated carbocycles. The van der Waals surface area contributed by atoms with Gasteiger partial charge in [-0.2, -0.15) is 0 Å². The van der Waals surface area contributed by atoms with Crippen molar-refractivity contribution in [1.29, 1.82) is 0 Å². The van der Waals surface area contributed by atoms with Crippen LogP contribution in [0.2, 0.25) is 0 Å². The Bertz CT molecular complexity index is 403. The second-order valence-corrected chi connectivity index (χ2v) is 7.68. The second-order valence-electron chi connectivity index (χ2n) is 7.68. The summed E-state index contributed by atoms with van der Waals surface area (Å²) in [5.74, 6) is 0.0260. The number of nitrogens with one attached hydrogen (secondary N) is 1. The van der Waals surface area contributed by atoms with E-state index in [2.05, 4.69) is 19.2 Å². The molecule has 0 aromatic heterocycles. The Balaban J connectivity index is 1.77. The van der Waals surface area contributed by atoms with Gasteiger partial charge in [0.05, 0.1) is 6.10 Å². The van der Waals surface area contributed by atoms with Gasteiger partial charge in [0.15, 0.2) is 0 Å². The molecule has 126 valence electrons. The maximum Gasteiger partial charge on any atom is 0.223 e. The molecule has 5 nitrogen and oxygen atoms in total. The van der Waals surface area contributed by atoms with Crippen LogP contribution in [0.25, 0.3) is 0 Å². The molecule has 0 bridgehead atoms. The number of carbonyl (C=O) groups excluding carboxylic acids is 2. The summed E-state index contributed by atoms with van der Waals surface area (Å²) in [4.78, 5) is 26.1. The molecule has 1 atom stereocenters. The average Bonchev–Trinajstić information content (AvgIpc) is 2.87. The van der Waals surface area contributed by atoms with Crippen molar-refractivity contribution in [2.45, 2.75) is 77.4 Å². The molecule has 2 fully saturated rings. The third-order valence-electron chi connectivity index (χ3n) is 4.78. The highest BCUT2D eigenvalue weighted by Gasteiger charge is 2.31. The largest absolute Gasteiger partial charge is 0.393 e. The molecule has 0 aromatic rings.